The Balaban J connectivity index is 0.000000414. The molecule has 0 aromatic heterocycles. The SMILES string of the molecule is CC(C)[C@H]1COC([C]2[CH][CH][CH][C]2P(c2ccccc2)c2ccccc2)=N1.[CH]1[CH][CH][CH][CH]1.[Cl][Pd][Cl].[Fe+2]. The van der Waals surface area contributed by atoms with Crippen LogP contribution in [0.5, 0.6) is 0 Å². The van der Waals surface area contributed by atoms with E-state index in [0.29, 0.717) is 12.5 Å². The Morgan fingerprint density at radius 1 is 0.829 bits per heavy atom. The maximum absolute atomic E-state index is 5.99. The first-order valence-corrected chi connectivity index (χ1v) is 16.4. The zero-order valence-corrected chi connectivity index (χ0v) is 24.5. The summed E-state index contributed by atoms with van der Waals surface area (Å²) in [5.41, 5.74) is 1.32. The van der Waals surface area contributed by atoms with Gasteiger partial charge in [-0.3, -0.25) is 0 Å². The van der Waals surface area contributed by atoms with E-state index in [4.69, 9.17) is 28.8 Å². The third-order valence-corrected chi connectivity index (χ3v) is 7.79. The van der Waals surface area contributed by atoms with Crippen LogP contribution < -0.4 is 10.6 Å². The molecule has 2 saturated carbocycles. The summed E-state index contributed by atoms with van der Waals surface area (Å²) in [7, 11) is 8.99. The molecule has 10 radical (unpaired) electrons. The number of benzene rings is 2. The van der Waals surface area contributed by atoms with Gasteiger partial charge in [0, 0.05) is 5.66 Å². The normalized spacial score (nSPS) is 19.9. The van der Waals surface area contributed by atoms with Crippen molar-refractivity contribution in [2.45, 2.75) is 19.9 Å². The van der Waals surface area contributed by atoms with E-state index >= 15 is 0 Å². The monoisotopic (exact) mass is 657 g/mol. The zero-order valence-electron chi connectivity index (χ0n) is 19.5. The van der Waals surface area contributed by atoms with Crippen LogP contribution in [0, 0.1) is 68.9 Å². The molecule has 1 atom stereocenters. The van der Waals surface area contributed by atoms with Crippen LogP contribution in [-0.2, 0) is 37.7 Å². The average Bonchev–Trinajstić information content (AvgIpc) is 3.65. The molecule has 1 aliphatic heterocycles. The predicted octanol–water partition coefficient (Wildman–Crippen LogP) is 6.70. The minimum atomic E-state index is -0.636. The zero-order chi connectivity index (χ0) is 24.2. The van der Waals surface area contributed by atoms with E-state index in [2.05, 4.69) is 93.8 Å². The van der Waals surface area contributed by atoms with E-state index in [9.17, 15) is 0 Å². The van der Waals surface area contributed by atoms with Gasteiger partial charge in [-0.05, 0) is 75.8 Å². The second kappa shape index (κ2) is 17.6. The summed E-state index contributed by atoms with van der Waals surface area (Å²) in [5.74, 6) is 2.45. The van der Waals surface area contributed by atoms with Crippen LogP contribution in [-0.4, -0.2) is 18.5 Å². The van der Waals surface area contributed by atoms with E-state index in [1.54, 1.807) is 0 Å². The number of hydrogen-bond acceptors (Lipinski definition) is 2. The number of rotatable bonds is 5. The first-order chi connectivity index (χ1) is 16.7. The van der Waals surface area contributed by atoms with Crippen LogP contribution in [0.25, 0.3) is 0 Å². The number of ether oxygens (including phenoxy) is 1. The Morgan fingerprint density at radius 2 is 1.31 bits per heavy atom. The van der Waals surface area contributed by atoms with Crippen LogP contribution in [0.2, 0.25) is 0 Å². The van der Waals surface area contributed by atoms with Crippen molar-refractivity contribution in [3.8, 4) is 0 Å². The van der Waals surface area contributed by atoms with Crippen LogP contribution >= 0.6 is 27.0 Å². The molecule has 2 aromatic rings. The van der Waals surface area contributed by atoms with E-state index in [1.165, 1.54) is 16.3 Å². The van der Waals surface area contributed by atoms with E-state index in [1.807, 2.05) is 32.1 Å². The molecule has 3 aliphatic rings. The third-order valence-electron chi connectivity index (χ3n) is 5.29. The van der Waals surface area contributed by atoms with Crippen LogP contribution in [0.4, 0.5) is 0 Å². The Hall–Kier alpha value is 0.102. The van der Waals surface area contributed by atoms with Crippen molar-refractivity contribution in [2.24, 2.45) is 10.9 Å². The molecule has 2 aromatic carbocycles. The Morgan fingerprint density at radius 3 is 1.74 bits per heavy atom. The minimum absolute atomic E-state index is 0. The molecule has 5 rings (SSSR count). The first kappa shape index (κ1) is 31.3. The quantitative estimate of drug-likeness (QED) is 0.259. The Bertz CT molecular complexity index is 807. The fourth-order valence-electron chi connectivity index (χ4n) is 3.57. The van der Waals surface area contributed by atoms with Crippen molar-refractivity contribution in [2.75, 3.05) is 6.61 Å². The molecule has 1 heterocycles. The van der Waals surface area contributed by atoms with Gasteiger partial charge in [-0.25, -0.2) is 4.99 Å². The summed E-state index contributed by atoms with van der Waals surface area (Å²) in [6.45, 7) is 5.09. The van der Waals surface area contributed by atoms with Crippen molar-refractivity contribution >= 4 is 43.5 Å². The topological polar surface area (TPSA) is 21.6 Å². The van der Waals surface area contributed by atoms with Gasteiger partial charge in [0.15, 0.2) is 5.90 Å². The predicted molar refractivity (Wildman–Crippen MR) is 144 cm³/mol. The third kappa shape index (κ3) is 9.73. The summed E-state index contributed by atoms with van der Waals surface area (Å²) in [5, 5.41) is 2.69. The molecule has 2 fully saturated rings. The maximum Gasteiger partial charge on any atom is 2.00 e. The molecule has 0 amide bonds. The number of nitrogens with zero attached hydrogens (tertiary/aromatic N) is 1. The van der Waals surface area contributed by atoms with Gasteiger partial charge in [0.1, 0.15) is 6.61 Å². The fourth-order valence-corrected chi connectivity index (χ4v) is 6.01. The second-order valence-electron chi connectivity index (χ2n) is 7.90. The Kier molecular flexibility index (Phi) is 15.7. The molecule has 7 heteroatoms. The fraction of sp³-hybridized carbons (Fsp3) is 0.179. The van der Waals surface area contributed by atoms with Gasteiger partial charge >= 0.3 is 52.1 Å². The van der Waals surface area contributed by atoms with Crippen molar-refractivity contribution in [3.05, 3.63) is 124 Å². The van der Waals surface area contributed by atoms with Gasteiger partial charge in [0.2, 0.25) is 0 Å². The largest absolute Gasteiger partial charge is 2.00 e. The maximum atomic E-state index is 5.99. The van der Waals surface area contributed by atoms with Gasteiger partial charge < -0.3 is 4.74 Å². The van der Waals surface area contributed by atoms with E-state index in [0.717, 1.165) is 11.8 Å². The van der Waals surface area contributed by atoms with Crippen LogP contribution in [0.1, 0.15) is 13.8 Å². The molecule has 0 saturated heterocycles. The molecule has 35 heavy (non-hydrogen) atoms. The minimum Gasteiger partial charge on any atom is 2.00 e. The van der Waals surface area contributed by atoms with Crippen molar-refractivity contribution in [3.63, 3.8) is 0 Å². The van der Waals surface area contributed by atoms with Crippen molar-refractivity contribution in [1.82, 2.24) is 0 Å². The van der Waals surface area contributed by atoms with Gasteiger partial charge in [-0.15, -0.1) is 0 Å². The van der Waals surface area contributed by atoms with Gasteiger partial charge in [-0.1, -0.05) is 74.5 Å². The average molecular weight is 659 g/mol. The van der Waals surface area contributed by atoms with Crippen LogP contribution in [0.15, 0.2) is 65.7 Å². The van der Waals surface area contributed by atoms with E-state index in [-0.39, 0.29) is 39.0 Å². The van der Waals surface area contributed by atoms with Crippen molar-refractivity contribution in [1.29, 1.82) is 0 Å². The first-order valence-electron chi connectivity index (χ1n) is 11.0. The summed E-state index contributed by atoms with van der Waals surface area (Å²) in [6, 6.07) is 21.8. The Labute approximate surface area is 240 Å². The summed E-state index contributed by atoms with van der Waals surface area (Å²) in [6.07, 6.45) is 16.5. The smallest absolute Gasteiger partial charge is 2.00 e. The van der Waals surface area contributed by atoms with Gasteiger partial charge in [0.05, 0.1) is 12.0 Å². The molecular weight excluding hydrogens is 630 g/mol. The van der Waals surface area contributed by atoms with E-state index < -0.39 is 7.92 Å². The summed E-state index contributed by atoms with van der Waals surface area (Å²) >= 11 is -0.106. The van der Waals surface area contributed by atoms with Gasteiger partial charge in [0.25, 0.3) is 0 Å². The second-order valence-corrected chi connectivity index (χ2v) is 12.4. The van der Waals surface area contributed by atoms with Crippen LogP contribution in [0.3, 0.4) is 0 Å². The molecule has 186 valence electrons. The van der Waals surface area contributed by atoms with Gasteiger partial charge in [-0.2, -0.15) is 0 Å². The number of hydrogen-bond donors (Lipinski definition) is 0. The molecule has 0 unspecified atom stereocenters. The number of halogens is 2. The molecule has 0 spiro atoms. The summed E-state index contributed by atoms with van der Waals surface area (Å²) < 4.78 is 5.99. The van der Waals surface area contributed by atoms with Crippen molar-refractivity contribution < 1.29 is 37.7 Å². The standard InChI is InChI=1S/C23H23NOP.C5H5.2ClH.Fe.Pd/c1-17(2)21-16-25-23(24-21)20-14-9-15-22(20)26(18-10-5-3-6-11-18)19-12-7-4-8-13-19;1-2-4-5-3-1;;;;/h3-15,17,21H,16H2,1-2H3;1-5H;2*1H;;/q;;;;2*+2/p-2/t21-;;;;;/m1...../s1. The molecule has 2 nitrogen and oxygen atoms in total. The molecular formula is C28H28Cl2FeNOPPd+2. The molecule has 2 aliphatic carbocycles. The summed E-state index contributed by atoms with van der Waals surface area (Å²) in [4.78, 5) is 4.87. The molecule has 0 bridgehead atoms. The number of aliphatic imine (C=N–C) groups is 1. The molecule has 0 N–H and O–H groups in total.